The SMILES string of the molecule is CC(CN(C)C(=O)NCc1ccc(C(=O)O)cc1)c1ccccc1. The molecule has 0 bridgehead atoms. The number of benzene rings is 2. The lowest BCUT2D eigenvalue weighted by atomic mass is 10.0. The summed E-state index contributed by atoms with van der Waals surface area (Å²) in [6.45, 7) is 3.07. The van der Waals surface area contributed by atoms with E-state index in [4.69, 9.17) is 5.11 Å². The number of carboxylic acid groups (broad SMARTS) is 1. The van der Waals surface area contributed by atoms with Crippen LogP contribution in [0.4, 0.5) is 4.79 Å². The highest BCUT2D eigenvalue weighted by molar-refractivity contribution is 5.87. The Hall–Kier alpha value is -2.82. The summed E-state index contributed by atoms with van der Waals surface area (Å²) in [7, 11) is 1.77. The normalized spacial score (nSPS) is 11.6. The van der Waals surface area contributed by atoms with E-state index in [1.165, 1.54) is 17.7 Å². The highest BCUT2D eigenvalue weighted by atomic mass is 16.4. The van der Waals surface area contributed by atoms with E-state index in [0.717, 1.165) is 5.56 Å². The molecule has 0 aliphatic carbocycles. The van der Waals surface area contributed by atoms with Crippen molar-refractivity contribution in [2.24, 2.45) is 0 Å². The maximum absolute atomic E-state index is 12.2. The Balaban J connectivity index is 1.84. The Kier molecular flexibility index (Phi) is 5.95. The third kappa shape index (κ3) is 4.84. The fraction of sp³-hybridized carbons (Fsp3) is 0.263. The zero-order valence-corrected chi connectivity index (χ0v) is 13.9. The van der Waals surface area contributed by atoms with Crippen LogP contribution < -0.4 is 5.32 Å². The second kappa shape index (κ2) is 8.15. The second-order valence-corrected chi connectivity index (χ2v) is 5.85. The van der Waals surface area contributed by atoms with Gasteiger partial charge in [-0.3, -0.25) is 0 Å². The maximum Gasteiger partial charge on any atom is 0.335 e. The Morgan fingerprint density at radius 2 is 1.71 bits per heavy atom. The summed E-state index contributed by atoms with van der Waals surface area (Å²) in [6.07, 6.45) is 0. The van der Waals surface area contributed by atoms with Crippen LogP contribution in [-0.4, -0.2) is 35.6 Å². The molecule has 0 radical (unpaired) electrons. The van der Waals surface area contributed by atoms with Crippen molar-refractivity contribution in [3.63, 3.8) is 0 Å². The monoisotopic (exact) mass is 326 g/mol. The van der Waals surface area contributed by atoms with Crippen LogP contribution in [0.1, 0.15) is 34.3 Å². The molecule has 0 aliphatic heterocycles. The van der Waals surface area contributed by atoms with Crippen molar-refractivity contribution in [1.29, 1.82) is 0 Å². The van der Waals surface area contributed by atoms with Crippen molar-refractivity contribution < 1.29 is 14.7 Å². The number of urea groups is 1. The molecule has 0 saturated heterocycles. The van der Waals surface area contributed by atoms with Crippen molar-refractivity contribution in [2.45, 2.75) is 19.4 Å². The van der Waals surface area contributed by atoms with Crippen LogP contribution in [0, 0.1) is 0 Å². The average Bonchev–Trinajstić information content (AvgIpc) is 2.60. The van der Waals surface area contributed by atoms with Gasteiger partial charge in [0.1, 0.15) is 0 Å². The number of hydrogen-bond donors (Lipinski definition) is 2. The average molecular weight is 326 g/mol. The molecule has 2 N–H and O–H groups in total. The van der Waals surface area contributed by atoms with Gasteiger partial charge in [0.2, 0.25) is 0 Å². The zero-order valence-electron chi connectivity index (χ0n) is 13.9. The molecule has 126 valence electrons. The van der Waals surface area contributed by atoms with Gasteiger partial charge in [0.05, 0.1) is 5.56 Å². The van der Waals surface area contributed by atoms with Crippen LogP contribution in [0.5, 0.6) is 0 Å². The Morgan fingerprint density at radius 1 is 1.08 bits per heavy atom. The van der Waals surface area contributed by atoms with Crippen LogP contribution in [0.3, 0.4) is 0 Å². The Bertz CT molecular complexity index is 684. The van der Waals surface area contributed by atoms with Crippen molar-refractivity contribution in [3.05, 3.63) is 71.3 Å². The summed E-state index contributed by atoms with van der Waals surface area (Å²) in [5, 5.41) is 11.7. The van der Waals surface area contributed by atoms with E-state index in [2.05, 4.69) is 24.4 Å². The molecule has 2 amide bonds. The van der Waals surface area contributed by atoms with Crippen molar-refractivity contribution in [3.8, 4) is 0 Å². The van der Waals surface area contributed by atoms with Gasteiger partial charge in [0.25, 0.3) is 0 Å². The predicted molar refractivity (Wildman–Crippen MR) is 93.1 cm³/mol. The number of aromatic carboxylic acids is 1. The maximum atomic E-state index is 12.2. The standard InChI is InChI=1S/C19H22N2O3/c1-14(16-6-4-3-5-7-16)13-21(2)19(24)20-12-15-8-10-17(11-9-15)18(22)23/h3-11,14H,12-13H2,1-2H3,(H,20,24)(H,22,23). The van der Waals surface area contributed by atoms with Gasteiger partial charge < -0.3 is 15.3 Å². The van der Waals surface area contributed by atoms with E-state index in [9.17, 15) is 9.59 Å². The molecular weight excluding hydrogens is 304 g/mol. The van der Waals surface area contributed by atoms with E-state index >= 15 is 0 Å². The summed E-state index contributed by atoms with van der Waals surface area (Å²) >= 11 is 0. The molecule has 0 aliphatic rings. The molecule has 0 heterocycles. The van der Waals surface area contributed by atoms with Gasteiger partial charge in [0.15, 0.2) is 0 Å². The first kappa shape index (κ1) is 17.5. The van der Waals surface area contributed by atoms with Gasteiger partial charge in [-0.05, 0) is 29.2 Å². The highest BCUT2D eigenvalue weighted by Crippen LogP contribution is 2.15. The molecule has 0 aromatic heterocycles. The summed E-state index contributed by atoms with van der Waals surface area (Å²) in [4.78, 5) is 24.6. The van der Waals surface area contributed by atoms with Crippen LogP contribution in [0.2, 0.25) is 0 Å². The van der Waals surface area contributed by atoms with Crippen molar-refractivity contribution >= 4 is 12.0 Å². The molecule has 5 nitrogen and oxygen atoms in total. The topological polar surface area (TPSA) is 69.6 Å². The van der Waals surface area contributed by atoms with E-state index in [1.807, 2.05) is 18.2 Å². The minimum atomic E-state index is -0.958. The number of nitrogens with one attached hydrogen (secondary N) is 1. The second-order valence-electron chi connectivity index (χ2n) is 5.85. The number of amides is 2. The van der Waals surface area contributed by atoms with Crippen molar-refractivity contribution in [2.75, 3.05) is 13.6 Å². The molecule has 0 spiro atoms. The molecule has 2 rings (SSSR count). The van der Waals surface area contributed by atoms with Crippen LogP contribution in [0.15, 0.2) is 54.6 Å². The number of likely N-dealkylation sites (N-methyl/N-ethyl adjacent to an activating group) is 1. The Labute approximate surface area is 141 Å². The molecule has 1 unspecified atom stereocenters. The number of carboxylic acids is 1. The first-order chi connectivity index (χ1) is 11.5. The summed E-state index contributed by atoms with van der Waals surface area (Å²) in [6, 6.07) is 16.4. The number of hydrogen-bond acceptors (Lipinski definition) is 2. The molecule has 0 fully saturated rings. The van der Waals surface area contributed by atoms with Crippen LogP contribution >= 0.6 is 0 Å². The van der Waals surface area contributed by atoms with Gasteiger partial charge in [-0.2, -0.15) is 0 Å². The highest BCUT2D eigenvalue weighted by Gasteiger charge is 2.13. The van der Waals surface area contributed by atoms with E-state index in [0.29, 0.717) is 13.1 Å². The van der Waals surface area contributed by atoms with E-state index < -0.39 is 5.97 Å². The fourth-order valence-corrected chi connectivity index (χ4v) is 2.46. The van der Waals surface area contributed by atoms with Crippen molar-refractivity contribution in [1.82, 2.24) is 10.2 Å². The largest absolute Gasteiger partial charge is 0.478 e. The molecule has 2 aromatic rings. The van der Waals surface area contributed by atoms with Gasteiger partial charge in [0, 0.05) is 20.1 Å². The number of nitrogens with zero attached hydrogens (tertiary/aromatic N) is 1. The molecule has 1 atom stereocenters. The lowest BCUT2D eigenvalue weighted by Gasteiger charge is -2.22. The molecule has 0 saturated carbocycles. The van der Waals surface area contributed by atoms with Crippen LogP contribution in [-0.2, 0) is 6.54 Å². The summed E-state index contributed by atoms with van der Waals surface area (Å²) in [5.41, 5.74) is 2.29. The minimum Gasteiger partial charge on any atom is -0.478 e. The zero-order chi connectivity index (χ0) is 17.5. The molecule has 2 aromatic carbocycles. The van der Waals surface area contributed by atoms with Crippen LogP contribution in [0.25, 0.3) is 0 Å². The first-order valence-corrected chi connectivity index (χ1v) is 7.83. The summed E-state index contributed by atoms with van der Waals surface area (Å²) in [5.74, 6) is -0.711. The number of carbonyl (C=O) groups is 2. The predicted octanol–water partition coefficient (Wildman–Crippen LogP) is 3.33. The third-order valence-electron chi connectivity index (χ3n) is 3.91. The molecule has 5 heteroatoms. The summed E-state index contributed by atoms with van der Waals surface area (Å²) < 4.78 is 0. The van der Waals surface area contributed by atoms with Gasteiger partial charge in [-0.15, -0.1) is 0 Å². The number of rotatable bonds is 6. The van der Waals surface area contributed by atoms with Gasteiger partial charge >= 0.3 is 12.0 Å². The number of carbonyl (C=O) groups excluding carboxylic acids is 1. The molecular formula is C19H22N2O3. The quantitative estimate of drug-likeness (QED) is 0.855. The smallest absolute Gasteiger partial charge is 0.335 e. The third-order valence-corrected chi connectivity index (χ3v) is 3.91. The van der Waals surface area contributed by atoms with E-state index in [1.54, 1.807) is 24.1 Å². The van der Waals surface area contributed by atoms with E-state index in [-0.39, 0.29) is 17.5 Å². The lowest BCUT2D eigenvalue weighted by molar-refractivity contribution is 0.0697. The fourth-order valence-electron chi connectivity index (χ4n) is 2.46. The lowest BCUT2D eigenvalue weighted by Crippen LogP contribution is -2.38. The first-order valence-electron chi connectivity index (χ1n) is 7.83. The van der Waals surface area contributed by atoms with Gasteiger partial charge in [-0.25, -0.2) is 9.59 Å². The Morgan fingerprint density at radius 3 is 2.29 bits per heavy atom. The van der Waals surface area contributed by atoms with Gasteiger partial charge in [-0.1, -0.05) is 49.4 Å². The minimum absolute atomic E-state index is 0.153. The molecule has 24 heavy (non-hydrogen) atoms.